The van der Waals surface area contributed by atoms with Crippen molar-refractivity contribution in [1.29, 1.82) is 0 Å². The van der Waals surface area contributed by atoms with Gasteiger partial charge in [-0.05, 0) is 43.9 Å². The van der Waals surface area contributed by atoms with Crippen molar-refractivity contribution in [2.24, 2.45) is 0 Å². The molecule has 0 fully saturated rings. The van der Waals surface area contributed by atoms with Crippen LogP contribution in [0.4, 0.5) is 4.39 Å². The quantitative estimate of drug-likeness (QED) is 0.777. The molecule has 0 bridgehead atoms. The molecular formula is C18H17FO2. The van der Waals surface area contributed by atoms with Crippen LogP contribution in [0.15, 0.2) is 36.4 Å². The van der Waals surface area contributed by atoms with E-state index in [0.29, 0.717) is 23.5 Å². The van der Waals surface area contributed by atoms with E-state index >= 15 is 0 Å². The van der Waals surface area contributed by atoms with Crippen LogP contribution in [-0.2, 0) is 6.42 Å². The standard InChI is InChI=1S/C18H17FO2/c1-12-5-7-13(8-6-12)17(20)16-11-15(19)10-14-4-2-3-9-21-18(14)16/h5-8,10-11H,2-4,9H2,1H3. The van der Waals surface area contributed by atoms with Crippen LogP contribution in [0.3, 0.4) is 0 Å². The number of hydrogen-bond acceptors (Lipinski definition) is 2. The fraction of sp³-hybridized carbons (Fsp3) is 0.278. The molecule has 0 aliphatic carbocycles. The van der Waals surface area contributed by atoms with Crippen LogP contribution in [0.2, 0.25) is 0 Å². The van der Waals surface area contributed by atoms with Gasteiger partial charge in [-0.1, -0.05) is 29.8 Å². The van der Waals surface area contributed by atoms with Crippen LogP contribution in [-0.4, -0.2) is 12.4 Å². The van der Waals surface area contributed by atoms with Crippen molar-refractivity contribution in [3.8, 4) is 5.75 Å². The molecule has 0 saturated carbocycles. The highest BCUT2D eigenvalue weighted by Gasteiger charge is 2.21. The summed E-state index contributed by atoms with van der Waals surface area (Å²) < 4.78 is 19.5. The fourth-order valence-corrected chi connectivity index (χ4v) is 2.63. The number of ketones is 1. The number of carbonyl (C=O) groups is 1. The van der Waals surface area contributed by atoms with E-state index in [4.69, 9.17) is 4.74 Å². The Balaban J connectivity index is 2.07. The van der Waals surface area contributed by atoms with Crippen LogP contribution in [0, 0.1) is 12.7 Å². The largest absolute Gasteiger partial charge is 0.493 e. The van der Waals surface area contributed by atoms with Crippen molar-refractivity contribution in [2.45, 2.75) is 26.2 Å². The number of halogens is 1. The van der Waals surface area contributed by atoms with Crippen LogP contribution < -0.4 is 4.74 Å². The zero-order valence-corrected chi connectivity index (χ0v) is 12.0. The number of rotatable bonds is 2. The first-order valence-electron chi connectivity index (χ1n) is 7.22. The third-order valence-corrected chi connectivity index (χ3v) is 3.78. The third kappa shape index (κ3) is 2.82. The van der Waals surface area contributed by atoms with Crippen molar-refractivity contribution < 1.29 is 13.9 Å². The van der Waals surface area contributed by atoms with Gasteiger partial charge < -0.3 is 4.74 Å². The summed E-state index contributed by atoms with van der Waals surface area (Å²) >= 11 is 0. The maximum atomic E-state index is 13.8. The third-order valence-electron chi connectivity index (χ3n) is 3.78. The Kier molecular flexibility index (Phi) is 3.74. The van der Waals surface area contributed by atoms with E-state index in [0.717, 1.165) is 30.4 Å². The van der Waals surface area contributed by atoms with Crippen LogP contribution >= 0.6 is 0 Å². The highest BCUT2D eigenvalue weighted by molar-refractivity contribution is 6.11. The Hall–Kier alpha value is -2.16. The lowest BCUT2D eigenvalue weighted by atomic mass is 9.97. The summed E-state index contributed by atoms with van der Waals surface area (Å²) in [6, 6.07) is 10.1. The first-order valence-corrected chi connectivity index (χ1v) is 7.22. The molecule has 0 radical (unpaired) electrons. The second kappa shape index (κ2) is 5.68. The maximum Gasteiger partial charge on any atom is 0.196 e. The van der Waals surface area contributed by atoms with Crippen LogP contribution in [0.25, 0.3) is 0 Å². The van der Waals surface area contributed by atoms with Crippen LogP contribution in [0.1, 0.15) is 39.9 Å². The van der Waals surface area contributed by atoms with Crippen LogP contribution in [0.5, 0.6) is 5.75 Å². The van der Waals surface area contributed by atoms with E-state index in [1.807, 2.05) is 19.1 Å². The van der Waals surface area contributed by atoms with Gasteiger partial charge in [0.05, 0.1) is 12.2 Å². The minimum absolute atomic E-state index is 0.187. The smallest absolute Gasteiger partial charge is 0.196 e. The van der Waals surface area contributed by atoms with Gasteiger partial charge in [0.15, 0.2) is 5.78 Å². The normalized spacial score (nSPS) is 14.0. The average Bonchev–Trinajstić information content (AvgIpc) is 2.71. The van der Waals surface area contributed by atoms with Gasteiger partial charge >= 0.3 is 0 Å². The molecule has 3 heteroatoms. The highest BCUT2D eigenvalue weighted by atomic mass is 19.1. The van der Waals surface area contributed by atoms with Gasteiger partial charge in [-0.25, -0.2) is 4.39 Å². The molecule has 0 unspecified atom stereocenters. The SMILES string of the molecule is Cc1ccc(C(=O)c2cc(F)cc3c2OCCCC3)cc1. The Morgan fingerprint density at radius 3 is 2.67 bits per heavy atom. The molecule has 0 atom stereocenters. The van der Waals surface area contributed by atoms with Crippen molar-refractivity contribution in [2.75, 3.05) is 6.61 Å². The lowest BCUT2D eigenvalue weighted by molar-refractivity contribution is 0.103. The molecular weight excluding hydrogens is 267 g/mol. The minimum Gasteiger partial charge on any atom is -0.493 e. The molecule has 0 saturated heterocycles. The van der Waals surface area contributed by atoms with Crippen molar-refractivity contribution in [1.82, 2.24) is 0 Å². The lowest BCUT2D eigenvalue weighted by Gasteiger charge is -2.13. The number of aryl methyl sites for hydroxylation is 2. The summed E-state index contributed by atoms with van der Waals surface area (Å²) in [6.07, 6.45) is 2.63. The molecule has 3 rings (SSSR count). The van der Waals surface area contributed by atoms with Gasteiger partial charge in [-0.3, -0.25) is 4.79 Å². The number of hydrogen-bond donors (Lipinski definition) is 0. The lowest BCUT2D eigenvalue weighted by Crippen LogP contribution is -2.08. The van der Waals surface area contributed by atoms with E-state index < -0.39 is 0 Å². The highest BCUT2D eigenvalue weighted by Crippen LogP contribution is 2.31. The van der Waals surface area contributed by atoms with E-state index in [-0.39, 0.29) is 11.6 Å². The van der Waals surface area contributed by atoms with Gasteiger partial charge in [0.25, 0.3) is 0 Å². The first kappa shape index (κ1) is 13.8. The van der Waals surface area contributed by atoms with Crippen molar-refractivity contribution in [3.63, 3.8) is 0 Å². The molecule has 1 aliphatic heterocycles. The zero-order valence-electron chi connectivity index (χ0n) is 12.0. The molecule has 2 aromatic rings. The molecule has 2 aromatic carbocycles. The predicted molar refractivity (Wildman–Crippen MR) is 79.4 cm³/mol. The Bertz CT molecular complexity index is 674. The zero-order chi connectivity index (χ0) is 14.8. The van der Waals surface area contributed by atoms with E-state index in [1.54, 1.807) is 12.1 Å². The molecule has 0 aromatic heterocycles. The average molecular weight is 284 g/mol. The summed E-state index contributed by atoms with van der Waals surface area (Å²) in [5.74, 6) is -0.0122. The number of carbonyl (C=O) groups excluding carboxylic acids is 1. The summed E-state index contributed by atoms with van der Waals surface area (Å²) in [7, 11) is 0. The molecule has 21 heavy (non-hydrogen) atoms. The summed E-state index contributed by atoms with van der Waals surface area (Å²) in [6.45, 7) is 2.54. The van der Waals surface area contributed by atoms with E-state index in [2.05, 4.69) is 0 Å². The molecule has 0 N–H and O–H groups in total. The van der Waals surface area contributed by atoms with Gasteiger partial charge in [0.1, 0.15) is 11.6 Å². The van der Waals surface area contributed by atoms with Gasteiger partial charge in [0.2, 0.25) is 0 Å². The Morgan fingerprint density at radius 1 is 1.14 bits per heavy atom. The van der Waals surface area contributed by atoms with Crippen molar-refractivity contribution >= 4 is 5.78 Å². The number of ether oxygens (including phenoxy) is 1. The topological polar surface area (TPSA) is 26.3 Å². The second-order valence-electron chi connectivity index (χ2n) is 5.44. The molecule has 1 aliphatic rings. The van der Waals surface area contributed by atoms with Gasteiger partial charge in [-0.15, -0.1) is 0 Å². The monoisotopic (exact) mass is 284 g/mol. The molecule has 108 valence electrons. The Labute approximate surface area is 123 Å². The van der Waals surface area contributed by atoms with Gasteiger partial charge in [0, 0.05) is 5.56 Å². The molecule has 1 heterocycles. The summed E-state index contributed by atoms with van der Waals surface area (Å²) in [5.41, 5.74) is 2.76. The fourth-order valence-electron chi connectivity index (χ4n) is 2.63. The van der Waals surface area contributed by atoms with E-state index in [9.17, 15) is 9.18 Å². The first-order chi connectivity index (χ1) is 10.1. The molecule has 2 nitrogen and oxygen atoms in total. The second-order valence-corrected chi connectivity index (χ2v) is 5.44. The number of benzene rings is 2. The summed E-state index contributed by atoms with van der Waals surface area (Å²) in [5, 5.41) is 0. The maximum absolute atomic E-state index is 13.8. The van der Waals surface area contributed by atoms with Crippen molar-refractivity contribution in [3.05, 3.63) is 64.5 Å². The number of fused-ring (bicyclic) bond motifs is 1. The molecule has 0 amide bonds. The van der Waals surface area contributed by atoms with E-state index in [1.165, 1.54) is 12.1 Å². The Morgan fingerprint density at radius 2 is 1.90 bits per heavy atom. The predicted octanol–water partition coefficient (Wildman–Crippen LogP) is 4.08. The van der Waals surface area contributed by atoms with Gasteiger partial charge in [-0.2, -0.15) is 0 Å². The molecule has 0 spiro atoms. The summed E-state index contributed by atoms with van der Waals surface area (Å²) in [4.78, 5) is 12.6. The minimum atomic E-state index is -0.380.